The number of likely N-dealkylation sites (tertiary alicyclic amines) is 1. The van der Waals surface area contributed by atoms with Gasteiger partial charge in [-0.05, 0) is 37.8 Å². The van der Waals surface area contributed by atoms with E-state index in [0.29, 0.717) is 24.2 Å². The van der Waals surface area contributed by atoms with Gasteiger partial charge in [-0.25, -0.2) is 0 Å². The van der Waals surface area contributed by atoms with Gasteiger partial charge in [-0.3, -0.25) is 4.79 Å². The van der Waals surface area contributed by atoms with Crippen molar-refractivity contribution in [3.05, 3.63) is 30.2 Å². The van der Waals surface area contributed by atoms with E-state index in [0.717, 1.165) is 43.5 Å². The smallest absolute Gasteiger partial charge is 0.231 e. The molecule has 6 heteroatoms. The van der Waals surface area contributed by atoms with Gasteiger partial charge in [0, 0.05) is 24.6 Å². The van der Waals surface area contributed by atoms with E-state index >= 15 is 0 Å². The quantitative estimate of drug-likeness (QED) is 0.837. The summed E-state index contributed by atoms with van der Waals surface area (Å²) in [6, 6.07) is 7.63. The zero-order chi connectivity index (χ0) is 17.9. The maximum Gasteiger partial charge on any atom is 0.231 e. The average Bonchev–Trinajstić information content (AvgIpc) is 3.39. The first-order chi connectivity index (χ1) is 12.7. The first-order valence-electron chi connectivity index (χ1n) is 9.51. The Bertz CT molecular complexity index is 767. The number of carbonyl (C=O) groups excluding carboxylic acids is 1. The molecule has 1 aliphatic heterocycles. The Labute approximate surface area is 153 Å². The molecule has 1 unspecified atom stereocenters. The van der Waals surface area contributed by atoms with Gasteiger partial charge in [0.05, 0.1) is 13.0 Å². The van der Waals surface area contributed by atoms with Gasteiger partial charge in [0.2, 0.25) is 17.6 Å². The third-order valence-electron chi connectivity index (χ3n) is 5.56. The molecule has 0 spiro atoms. The molecule has 1 aromatic heterocycles. The molecular formula is C20H25N3O3. The largest absolute Gasteiger partial charge is 0.497 e. The summed E-state index contributed by atoms with van der Waals surface area (Å²) in [4.78, 5) is 19.3. The number of nitrogens with zero attached hydrogens (tertiary/aromatic N) is 3. The number of piperidine rings is 1. The van der Waals surface area contributed by atoms with Crippen molar-refractivity contribution < 1.29 is 14.1 Å². The monoisotopic (exact) mass is 355 g/mol. The topological polar surface area (TPSA) is 68.5 Å². The van der Waals surface area contributed by atoms with Crippen LogP contribution in [0.5, 0.6) is 5.75 Å². The summed E-state index contributed by atoms with van der Waals surface area (Å²) in [6.07, 6.45) is 6.41. The Balaban J connectivity index is 1.47. The molecule has 0 bridgehead atoms. The van der Waals surface area contributed by atoms with Gasteiger partial charge in [0.15, 0.2) is 0 Å². The first-order valence-corrected chi connectivity index (χ1v) is 9.51. The van der Waals surface area contributed by atoms with Crippen LogP contribution >= 0.6 is 0 Å². The summed E-state index contributed by atoms with van der Waals surface area (Å²) in [6.45, 7) is 1.54. The zero-order valence-corrected chi connectivity index (χ0v) is 15.2. The van der Waals surface area contributed by atoms with Crippen molar-refractivity contribution in [2.75, 3.05) is 20.2 Å². The lowest BCUT2D eigenvalue weighted by atomic mass is 9.96. The predicted molar refractivity (Wildman–Crippen MR) is 96.8 cm³/mol. The van der Waals surface area contributed by atoms with Crippen molar-refractivity contribution in [1.82, 2.24) is 15.0 Å². The van der Waals surface area contributed by atoms with Crippen LogP contribution in [0, 0.1) is 5.92 Å². The number of rotatable bonds is 4. The van der Waals surface area contributed by atoms with Crippen LogP contribution in [-0.2, 0) is 4.79 Å². The number of methoxy groups -OCH3 is 1. The van der Waals surface area contributed by atoms with Gasteiger partial charge in [-0.2, -0.15) is 4.98 Å². The summed E-state index contributed by atoms with van der Waals surface area (Å²) in [5, 5.41) is 4.14. The second-order valence-electron chi connectivity index (χ2n) is 7.29. The molecule has 2 aromatic rings. The lowest BCUT2D eigenvalue weighted by Gasteiger charge is -2.32. The number of amides is 1. The van der Waals surface area contributed by atoms with Crippen LogP contribution in [0.15, 0.2) is 28.8 Å². The number of benzene rings is 1. The van der Waals surface area contributed by atoms with E-state index in [9.17, 15) is 4.79 Å². The summed E-state index contributed by atoms with van der Waals surface area (Å²) < 4.78 is 10.8. The van der Waals surface area contributed by atoms with Crippen LogP contribution in [-0.4, -0.2) is 41.1 Å². The Hall–Kier alpha value is -2.37. The van der Waals surface area contributed by atoms with E-state index in [2.05, 4.69) is 10.1 Å². The fraction of sp³-hybridized carbons (Fsp3) is 0.550. The molecule has 138 valence electrons. The van der Waals surface area contributed by atoms with E-state index < -0.39 is 0 Å². The Kier molecular flexibility index (Phi) is 4.91. The highest BCUT2D eigenvalue weighted by molar-refractivity contribution is 5.79. The predicted octanol–water partition coefficient (Wildman–Crippen LogP) is 3.64. The molecule has 1 aliphatic carbocycles. The highest BCUT2D eigenvalue weighted by Gasteiger charge is 2.33. The van der Waals surface area contributed by atoms with Crippen LogP contribution in [0.2, 0.25) is 0 Å². The van der Waals surface area contributed by atoms with Gasteiger partial charge in [0.25, 0.3) is 0 Å². The van der Waals surface area contributed by atoms with Gasteiger partial charge in [0.1, 0.15) is 5.75 Å². The number of carbonyl (C=O) groups is 1. The molecule has 0 radical (unpaired) electrons. The lowest BCUT2D eigenvalue weighted by Crippen LogP contribution is -2.41. The van der Waals surface area contributed by atoms with Crippen molar-refractivity contribution in [3.8, 4) is 17.1 Å². The maximum absolute atomic E-state index is 12.7. The van der Waals surface area contributed by atoms with Crippen molar-refractivity contribution in [1.29, 1.82) is 0 Å². The molecule has 2 aliphatic rings. The molecule has 0 N–H and O–H groups in total. The summed E-state index contributed by atoms with van der Waals surface area (Å²) in [5.74, 6) is 2.63. The number of ether oxygens (including phenoxy) is 1. The number of hydrogen-bond acceptors (Lipinski definition) is 5. The third kappa shape index (κ3) is 3.45. The SMILES string of the molecule is COc1cccc(-c2noc(C3CCCN(C(=O)C4CCCC4)C3)n2)c1. The van der Waals surface area contributed by atoms with Crippen LogP contribution in [0.1, 0.15) is 50.3 Å². The van der Waals surface area contributed by atoms with Gasteiger partial charge >= 0.3 is 0 Å². The summed E-state index contributed by atoms with van der Waals surface area (Å²) in [5.41, 5.74) is 0.869. The van der Waals surface area contributed by atoms with Crippen LogP contribution in [0.25, 0.3) is 11.4 Å². The second kappa shape index (κ2) is 7.48. The van der Waals surface area contributed by atoms with E-state index in [1.165, 1.54) is 12.8 Å². The molecule has 1 amide bonds. The third-order valence-corrected chi connectivity index (χ3v) is 5.56. The van der Waals surface area contributed by atoms with Crippen LogP contribution in [0.4, 0.5) is 0 Å². The molecule has 4 rings (SSSR count). The molecule has 2 heterocycles. The van der Waals surface area contributed by atoms with E-state index in [-0.39, 0.29) is 11.8 Å². The fourth-order valence-corrected chi connectivity index (χ4v) is 4.09. The molecule has 1 aromatic carbocycles. The molecule has 2 fully saturated rings. The summed E-state index contributed by atoms with van der Waals surface area (Å²) in [7, 11) is 1.64. The Morgan fingerprint density at radius 3 is 2.88 bits per heavy atom. The number of hydrogen-bond donors (Lipinski definition) is 0. The normalized spacial score (nSPS) is 21.1. The molecular weight excluding hydrogens is 330 g/mol. The molecule has 6 nitrogen and oxygen atoms in total. The highest BCUT2D eigenvalue weighted by atomic mass is 16.5. The first kappa shape index (κ1) is 17.1. The van der Waals surface area contributed by atoms with Crippen molar-refractivity contribution >= 4 is 5.91 Å². The van der Waals surface area contributed by atoms with Crippen LogP contribution in [0.3, 0.4) is 0 Å². The molecule has 1 atom stereocenters. The minimum atomic E-state index is 0.126. The van der Waals surface area contributed by atoms with Gasteiger partial charge in [-0.1, -0.05) is 30.1 Å². The van der Waals surface area contributed by atoms with Crippen molar-refractivity contribution in [3.63, 3.8) is 0 Å². The van der Waals surface area contributed by atoms with E-state index in [4.69, 9.17) is 9.26 Å². The summed E-state index contributed by atoms with van der Waals surface area (Å²) >= 11 is 0. The minimum Gasteiger partial charge on any atom is -0.497 e. The fourth-order valence-electron chi connectivity index (χ4n) is 4.09. The minimum absolute atomic E-state index is 0.126. The average molecular weight is 355 g/mol. The molecule has 26 heavy (non-hydrogen) atoms. The molecule has 1 saturated heterocycles. The van der Waals surface area contributed by atoms with Gasteiger partial charge in [-0.15, -0.1) is 0 Å². The lowest BCUT2D eigenvalue weighted by molar-refractivity contribution is -0.136. The Morgan fingerprint density at radius 2 is 2.08 bits per heavy atom. The zero-order valence-electron chi connectivity index (χ0n) is 15.2. The van der Waals surface area contributed by atoms with Crippen molar-refractivity contribution in [2.45, 2.75) is 44.4 Å². The standard InChI is InChI=1S/C20H25N3O3/c1-25-17-10-4-8-15(12-17)18-21-19(26-22-18)16-9-5-11-23(13-16)20(24)14-6-2-3-7-14/h4,8,10,12,14,16H,2-3,5-7,9,11,13H2,1H3. The van der Waals surface area contributed by atoms with Gasteiger partial charge < -0.3 is 14.2 Å². The number of aromatic nitrogens is 2. The second-order valence-corrected chi connectivity index (χ2v) is 7.29. The van der Waals surface area contributed by atoms with Crippen molar-refractivity contribution in [2.24, 2.45) is 5.92 Å². The molecule has 1 saturated carbocycles. The van der Waals surface area contributed by atoms with E-state index in [1.807, 2.05) is 29.2 Å². The maximum atomic E-state index is 12.7. The highest BCUT2D eigenvalue weighted by Crippen LogP contribution is 2.32. The Morgan fingerprint density at radius 1 is 1.23 bits per heavy atom. The van der Waals surface area contributed by atoms with E-state index in [1.54, 1.807) is 7.11 Å². The van der Waals surface area contributed by atoms with Crippen LogP contribution < -0.4 is 4.74 Å².